The lowest BCUT2D eigenvalue weighted by atomic mass is 10.1. The van der Waals surface area contributed by atoms with Gasteiger partial charge in [-0.05, 0) is 6.07 Å². The highest BCUT2D eigenvalue weighted by Crippen LogP contribution is 2.17. The second-order valence-electron chi connectivity index (χ2n) is 2.45. The maximum atomic E-state index is 13.0. The smallest absolute Gasteiger partial charge is 0.149 e. The van der Waals surface area contributed by atoms with Crippen LogP contribution in [0, 0.1) is 11.6 Å². The molecular weight excluding hydrogens is 196 g/mol. The molecule has 0 aliphatic rings. The van der Waals surface area contributed by atoms with E-state index in [1.54, 1.807) is 6.08 Å². The third-order valence-corrected chi connectivity index (χ3v) is 1.68. The van der Waals surface area contributed by atoms with Crippen LogP contribution in [0.3, 0.4) is 0 Å². The lowest BCUT2D eigenvalue weighted by molar-refractivity contribution is 0.584. The Morgan fingerprint density at radius 1 is 1.31 bits per heavy atom. The van der Waals surface area contributed by atoms with Crippen molar-refractivity contribution >= 4 is 23.4 Å². The summed E-state index contributed by atoms with van der Waals surface area (Å²) >= 11 is 5.36. The van der Waals surface area contributed by atoms with Crippen LogP contribution < -0.4 is 5.73 Å². The van der Waals surface area contributed by atoms with Crippen molar-refractivity contribution < 1.29 is 8.78 Å². The van der Waals surface area contributed by atoms with Crippen molar-refractivity contribution in [2.45, 2.75) is 0 Å². The maximum absolute atomic E-state index is 13.0. The van der Waals surface area contributed by atoms with Gasteiger partial charge in [-0.25, -0.2) is 8.78 Å². The number of benzene rings is 1. The Bertz CT molecular complexity index is 337. The van der Waals surface area contributed by atoms with Crippen molar-refractivity contribution in [1.82, 2.24) is 0 Å². The number of hydrogen-bond donors (Lipinski definition) is 1. The van der Waals surface area contributed by atoms with Crippen molar-refractivity contribution in [3.8, 4) is 0 Å². The van der Waals surface area contributed by atoms with Crippen LogP contribution in [0.2, 0.25) is 0 Å². The molecule has 0 fully saturated rings. The first-order valence-corrected chi connectivity index (χ1v) is 4.15. The highest BCUT2D eigenvalue weighted by Gasteiger charge is 2.04. The van der Waals surface area contributed by atoms with Crippen LogP contribution in [0.4, 0.5) is 14.5 Å². The first-order valence-electron chi connectivity index (χ1n) is 3.62. The lowest BCUT2D eigenvalue weighted by Gasteiger charge is -2.00. The fourth-order valence-electron chi connectivity index (χ4n) is 0.883. The predicted molar refractivity (Wildman–Crippen MR) is 50.5 cm³/mol. The normalized spacial score (nSPS) is 11.0. The zero-order chi connectivity index (χ0) is 9.84. The van der Waals surface area contributed by atoms with Crippen molar-refractivity contribution in [3.05, 3.63) is 35.4 Å². The van der Waals surface area contributed by atoms with Gasteiger partial charge < -0.3 is 5.73 Å². The Morgan fingerprint density at radius 2 is 2.00 bits per heavy atom. The molecule has 0 unspecified atom stereocenters. The molecule has 0 aliphatic carbocycles. The molecule has 1 aromatic carbocycles. The van der Waals surface area contributed by atoms with E-state index in [0.717, 1.165) is 6.07 Å². The fourth-order valence-corrected chi connectivity index (χ4v) is 0.972. The Labute approximate surface area is 79.8 Å². The summed E-state index contributed by atoms with van der Waals surface area (Å²) in [6, 6.07) is 1.98. The topological polar surface area (TPSA) is 26.0 Å². The van der Waals surface area contributed by atoms with E-state index in [-0.39, 0.29) is 17.1 Å². The van der Waals surface area contributed by atoms with Crippen molar-refractivity contribution in [3.63, 3.8) is 0 Å². The monoisotopic (exact) mass is 203 g/mol. The minimum Gasteiger partial charge on any atom is -0.396 e. The lowest BCUT2D eigenvalue weighted by Crippen LogP contribution is -1.93. The van der Waals surface area contributed by atoms with E-state index in [9.17, 15) is 8.78 Å². The zero-order valence-electron chi connectivity index (χ0n) is 6.73. The largest absolute Gasteiger partial charge is 0.396 e. The molecule has 2 N–H and O–H groups in total. The zero-order valence-corrected chi connectivity index (χ0v) is 7.48. The first-order chi connectivity index (χ1) is 6.15. The van der Waals surface area contributed by atoms with Crippen LogP contribution in [-0.4, -0.2) is 5.88 Å². The van der Waals surface area contributed by atoms with Crippen LogP contribution >= 0.6 is 11.6 Å². The van der Waals surface area contributed by atoms with Gasteiger partial charge in [0.2, 0.25) is 0 Å². The average Bonchev–Trinajstić information content (AvgIpc) is 2.09. The van der Waals surface area contributed by atoms with Gasteiger partial charge in [-0.2, -0.15) is 0 Å². The van der Waals surface area contributed by atoms with E-state index < -0.39 is 11.6 Å². The summed E-state index contributed by atoms with van der Waals surface area (Å²) in [6.07, 6.45) is 3.01. The van der Waals surface area contributed by atoms with Crippen LogP contribution in [-0.2, 0) is 0 Å². The van der Waals surface area contributed by atoms with Gasteiger partial charge in [0.15, 0.2) is 0 Å². The van der Waals surface area contributed by atoms with E-state index in [0.29, 0.717) is 0 Å². The Hall–Kier alpha value is -1.09. The third kappa shape index (κ3) is 2.42. The molecule has 70 valence electrons. The van der Waals surface area contributed by atoms with Gasteiger partial charge >= 0.3 is 0 Å². The summed E-state index contributed by atoms with van der Waals surface area (Å²) in [5.74, 6) is -1.12. The molecule has 0 aromatic heterocycles. The Kier molecular flexibility index (Phi) is 3.25. The molecule has 1 rings (SSSR count). The number of allylic oxidation sites excluding steroid dienone is 1. The molecule has 4 heteroatoms. The van der Waals surface area contributed by atoms with Gasteiger partial charge in [0, 0.05) is 17.5 Å². The molecule has 0 spiro atoms. The number of anilines is 1. The summed E-state index contributed by atoms with van der Waals surface area (Å²) in [5.41, 5.74) is 5.41. The van der Waals surface area contributed by atoms with Crippen LogP contribution in [0.5, 0.6) is 0 Å². The van der Waals surface area contributed by atoms with E-state index >= 15 is 0 Å². The molecule has 0 bridgehead atoms. The minimum atomic E-state index is -0.750. The number of nitrogen functional groups attached to an aromatic ring is 1. The molecule has 0 saturated carbocycles. The summed E-state index contributed by atoms with van der Waals surface area (Å²) in [5, 5.41) is 0. The molecule has 0 aliphatic heterocycles. The molecule has 0 saturated heterocycles. The van der Waals surface area contributed by atoms with Crippen LogP contribution in [0.1, 0.15) is 5.56 Å². The summed E-state index contributed by atoms with van der Waals surface area (Å²) in [7, 11) is 0. The van der Waals surface area contributed by atoms with Gasteiger partial charge in [0.1, 0.15) is 11.6 Å². The fraction of sp³-hybridized carbons (Fsp3) is 0.111. The van der Waals surface area contributed by atoms with E-state index in [1.807, 2.05) is 0 Å². The molecule has 13 heavy (non-hydrogen) atoms. The number of halogens is 3. The number of rotatable bonds is 2. The molecular formula is C9H8ClF2N. The first kappa shape index (κ1) is 9.99. The van der Waals surface area contributed by atoms with Crippen molar-refractivity contribution in [2.24, 2.45) is 0 Å². The number of nitrogens with two attached hydrogens (primary N) is 1. The Balaban J connectivity index is 3.08. The number of hydrogen-bond acceptors (Lipinski definition) is 1. The maximum Gasteiger partial charge on any atom is 0.149 e. The Morgan fingerprint density at radius 3 is 2.62 bits per heavy atom. The quantitative estimate of drug-likeness (QED) is 0.581. The molecule has 0 heterocycles. The molecule has 1 nitrogen and oxygen atoms in total. The molecule has 0 amide bonds. The van der Waals surface area contributed by atoms with E-state index in [2.05, 4.69) is 0 Å². The minimum absolute atomic E-state index is 0.0735. The van der Waals surface area contributed by atoms with Crippen LogP contribution in [0.15, 0.2) is 18.2 Å². The van der Waals surface area contributed by atoms with Gasteiger partial charge in [-0.3, -0.25) is 0 Å². The second-order valence-corrected chi connectivity index (χ2v) is 2.76. The van der Waals surface area contributed by atoms with Crippen molar-refractivity contribution in [2.75, 3.05) is 11.6 Å². The standard InChI is InChI=1S/C9H8ClF2N/c10-3-1-2-6-4-9(13)8(12)5-7(6)11/h1-2,4-5H,3,13H2. The average molecular weight is 204 g/mol. The highest BCUT2D eigenvalue weighted by atomic mass is 35.5. The van der Waals surface area contributed by atoms with Gasteiger partial charge in [-0.15, -0.1) is 11.6 Å². The predicted octanol–water partition coefficient (Wildman–Crippen LogP) is 2.80. The third-order valence-electron chi connectivity index (χ3n) is 1.50. The number of alkyl halides is 1. The van der Waals surface area contributed by atoms with Crippen molar-refractivity contribution in [1.29, 1.82) is 0 Å². The summed E-state index contributed by atoms with van der Waals surface area (Å²) in [6.45, 7) is 0. The second kappa shape index (κ2) is 4.23. The van der Waals surface area contributed by atoms with Crippen LogP contribution in [0.25, 0.3) is 6.08 Å². The molecule has 1 aromatic rings. The van der Waals surface area contributed by atoms with Gasteiger partial charge in [0.25, 0.3) is 0 Å². The molecule has 0 atom stereocenters. The van der Waals surface area contributed by atoms with E-state index in [1.165, 1.54) is 12.1 Å². The van der Waals surface area contributed by atoms with E-state index in [4.69, 9.17) is 17.3 Å². The van der Waals surface area contributed by atoms with Gasteiger partial charge in [0.05, 0.1) is 5.69 Å². The van der Waals surface area contributed by atoms with Gasteiger partial charge in [-0.1, -0.05) is 12.2 Å². The SMILES string of the molecule is Nc1cc(C=CCCl)c(F)cc1F. The summed E-state index contributed by atoms with van der Waals surface area (Å²) < 4.78 is 25.6. The molecule has 0 radical (unpaired) electrons. The summed E-state index contributed by atoms with van der Waals surface area (Å²) in [4.78, 5) is 0. The highest BCUT2D eigenvalue weighted by molar-refractivity contribution is 6.19.